The molecule has 0 aromatic heterocycles. The molecule has 1 aromatic carbocycles. The summed E-state index contributed by atoms with van der Waals surface area (Å²) in [5.41, 5.74) is 0.0178. The molecule has 0 spiro atoms. The van der Waals surface area contributed by atoms with E-state index in [0.717, 1.165) is 0 Å². The molecule has 0 bridgehead atoms. The van der Waals surface area contributed by atoms with Gasteiger partial charge in [-0.05, 0) is 18.6 Å². The molecule has 1 aromatic rings. The molecule has 0 aliphatic rings. The van der Waals surface area contributed by atoms with Gasteiger partial charge in [-0.1, -0.05) is 18.2 Å². The molecule has 3 amide bonds. The van der Waals surface area contributed by atoms with Crippen molar-refractivity contribution in [2.45, 2.75) is 6.42 Å². The zero-order valence-electron chi connectivity index (χ0n) is 11.1. The highest BCUT2D eigenvalue weighted by Crippen LogP contribution is 2.05. The normalized spacial score (nSPS) is 9.65. The summed E-state index contributed by atoms with van der Waals surface area (Å²) in [5.74, 6) is -1.01. The van der Waals surface area contributed by atoms with Gasteiger partial charge in [0.25, 0.3) is 5.91 Å². The largest absolute Gasteiger partial charge is 0.352 e. The molecule has 0 atom stereocenters. The number of carbonyl (C=O) groups excluding carboxylic acids is 2. The molecule has 0 saturated carbocycles. The van der Waals surface area contributed by atoms with Gasteiger partial charge in [0, 0.05) is 19.6 Å². The number of benzene rings is 1. The Morgan fingerprint density at radius 3 is 2.55 bits per heavy atom. The SMILES string of the molecule is C=CCNC(=O)NCCCNC(=O)c1ccccc1F. The van der Waals surface area contributed by atoms with Crippen LogP contribution < -0.4 is 16.0 Å². The van der Waals surface area contributed by atoms with Crippen LogP contribution in [0.3, 0.4) is 0 Å². The fraction of sp³-hybridized carbons (Fsp3) is 0.286. The van der Waals surface area contributed by atoms with Crippen LogP contribution in [-0.2, 0) is 0 Å². The second kappa shape index (κ2) is 8.68. The molecule has 1 rings (SSSR count). The zero-order chi connectivity index (χ0) is 14.8. The fourth-order valence-electron chi connectivity index (χ4n) is 1.46. The summed E-state index contributed by atoms with van der Waals surface area (Å²) in [4.78, 5) is 22.8. The maximum Gasteiger partial charge on any atom is 0.315 e. The number of amides is 3. The topological polar surface area (TPSA) is 70.2 Å². The summed E-state index contributed by atoms with van der Waals surface area (Å²) in [6, 6.07) is 5.50. The van der Waals surface area contributed by atoms with Gasteiger partial charge in [0.15, 0.2) is 0 Å². The predicted octanol–water partition coefficient (Wildman–Crippen LogP) is 1.43. The lowest BCUT2D eigenvalue weighted by molar-refractivity contribution is 0.0949. The number of hydrogen-bond acceptors (Lipinski definition) is 2. The van der Waals surface area contributed by atoms with Crippen molar-refractivity contribution in [3.8, 4) is 0 Å². The number of nitrogens with one attached hydrogen (secondary N) is 3. The summed E-state index contributed by atoms with van der Waals surface area (Å²) in [5, 5.41) is 7.77. The quantitative estimate of drug-likeness (QED) is 0.522. The first-order valence-corrected chi connectivity index (χ1v) is 6.30. The lowest BCUT2D eigenvalue weighted by Gasteiger charge is -2.07. The highest BCUT2D eigenvalue weighted by Gasteiger charge is 2.09. The Morgan fingerprint density at radius 2 is 1.85 bits per heavy atom. The highest BCUT2D eigenvalue weighted by molar-refractivity contribution is 5.94. The van der Waals surface area contributed by atoms with E-state index >= 15 is 0 Å². The summed E-state index contributed by atoms with van der Waals surface area (Å²) in [7, 11) is 0. The van der Waals surface area contributed by atoms with Crippen LogP contribution in [0.15, 0.2) is 36.9 Å². The lowest BCUT2D eigenvalue weighted by Crippen LogP contribution is -2.37. The van der Waals surface area contributed by atoms with Crippen molar-refractivity contribution in [1.82, 2.24) is 16.0 Å². The van der Waals surface area contributed by atoms with Crippen LogP contribution in [-0.4, -0.2) is 31.6 Å². The molecule has 0 fully saturated rings. The van der Waals surface area contributed by atoms with E-state index in [9.17, 15) is 14.0 Å². The van der Waals surface area contributed by atoms with Crippen molar-refractivity contribution < 1.29 is 14.0 Å². The van der Waals surface area contributed by atoms with Crippen molar-refractivity contribution in [3.05, 3.63) is 48.3 Å². The minimum absolute atomic E-state index is 0.0178. The van der Waals surface area contributed by atoms with E-state index in [1.165, 1.54) is 18.2 Å². The number of urea groups is 1. The molecule has 0 aliphatic carbocycles. The first kappa shape index (κ1) is 15.7. The van der Waals surface area contributed by atoms with Gasteiger partial charge in [-0.15, -0.1) is 6.58 Å². The summed E-state index contributed by atoms with van der Waals surface area (Å²) < 4.78 is 13.3. The molecule has 5 nitrogen and oxygen atoms in total. The van der Waals surface area contributed by atoms with Crippen molar-refractivity contribution in [1.29, 1.82) is 0 Å². The lowest BCUT2D eigenvalue weighted by atomic mass is 10.2. The van der Waals surface area contributed by atoms with Crippen LogP contribution in [0, 0.1) is 5.82 Å². The Labute approximate surface area is 117 Å². The number of halogens is 1. The molecule has 3 N–H and O–H groups in total. The van der Waals surface area contributed by atoms with Gasteiger partial charge in [-0.25, -0.2) is 9.18 Å². The number of hydrogen-bond donors (Lipinski definition) is 3. The maximum atomic E-state index is 13.3. The van der Waals surface area contributed by atoms with Crippen molar-refractivity contribution in [2.24, 2.45) is 0 Å². The van der Waals surface area contributed by atoms with E-state index in [0.29, 0.717) is 26.1 Å². The Hall–Kier alpha value is -2.37. The van der Waals surface area contributed by atoms with E-state index in [2.05, 4.69) is 22.5 Å². The first-order valence-electron chi connectivity index (χ1n) is 6.30. The minimum Gasteiger partial charge on any atom is -0.352 e. The Balaban J connectivity index is 2.18. The average Bonchev–Trinajstić information content (AvgIpc) is 2.45. The van der Waals surface area contributed by atoms with E-state index in [4.69, 9.17) is 0 Å². The van der Waals surface area contributed by atoms with Gasteiger partial charge < -0.3 is 16.0 Å². The Kier molecular flexibility index (Phi) is 6.81. The molecule has 0 radical (unpaired) electrons. The molecular formula is C14H18FN3O2. The predicted molar refractivity (Wildman–Crippen MR) is 74.9 cm³/mol. The molecule has 0 saturated heterocycles. The van der Waals surface area contributed by atoms with E-state index in [-0.39, 0.29) is 11.6 Å². The molecular weight excluding hydrogens is 261 g/mol. The average molecular weight is 279 g/mol. The molecule has 0 aliphatic heterocycles. The Morgan fingerprint density at radius 1 is 1.15 bits per heavy atom. The van der Waals surface area contributed by atoms with E-state index in [1.54, 1.807) is 12.1 Å². The van der Waals surface area contributed by atoms with Gasteiger partial charge in [0.2, 0.25) is 0 Å². The van der Waals surface area contributed by atoms with Gasteiger partial charge in [0.1, 0.15) is 5.82 Å². The van der Waals surface area contributed by atoms with Crippen LogP contribution in [0.2, 0.25) is 0 Å². The molecule has 108 valence electrons. The van der Waals surface area contributed by atoms with Crippen LogP contribution in [0.5, 0.6) is 0 Å². The van der Waals surface area contributed by atoms with Crippen molar-refractivity contribution in [2.75, 3.05) is 19.6 Å². The van der Waals surface area contributed by atoms with Gasteiger partial charge in [0.05, 0.1) is 5.56 Å². The Bertz CT molecular complexity index is 477. The summed E-state index contributed by atoms with van der Waals surface area (Å²) in [6.45, 7) is 4.65. The first-order chi connectivity index (χ1) is 9.65. The highest BCUT2D eigenvalue weighted by atomic mass is 19.1. The molecule has 0 unspecified atom stereocenters. The monoisotopic (exact) mass is 279 g/mol. The van der Waals surface area contributed by atoms with E-state index in [1.807, 2.05) is 0 Å². The fourth-order valence-corrected chi connectivity index (χ4v) is 1.46. The zero-order valence-corrected chi connectivity index (χ0v) is 11.1. The van der Waals surface area contributed by atoms with Crippen LogP contribution in [0.4, 0.5) is 9.18 Å². The third kappa shape index (κ3) is 5.51. The number of carbonyl (C=O) groups is 2. The third-order valence-electron chi connectivity index (χ3n) is 2.45. The third-order valence-corrected chi connectivity index (χ3v) is 2.45. The molecule has 20 heavy (non-hydrogen) atoms. The van der Waals surface area contributed by atoms with Crippen molar-refractivity contribution in [3.63, 3.8) is 0 Å². The van der Waals surface area contributed by atoms with Gasteiger partial charge >= 0.3 is 6.03 Å². The van der Waals surface area contributed by atoms with Crippen molar-refractivity contribution >= 4 is 11.9 Å². The van der Waals surface area contributed by atoms with Crippen LogP contribution in [0.25, 0.3) is 0 Å². The smallest absolute Gasteiger partial charge is 0.315 e. The summed E-state index contributed by atoms with van der Waals surface area (Å²) in [6.07, 6.45) is 2.13. The molecule has 6 heteroatoms. The minimum atomic E-state index is -0.549. The van der Waals surface area contributed by atoms with Crippen LogP contribution >= 0.6 is 0 Å². The maximum absolute atomic E-state index is 13.3. The number of rotatable bonds is 7. The van der Waals surface area contributed by atoms with E-state index < -0.39 is 11.7 Å². The van der Waals surface area contributed by atoms with Crippen LogP contribution in [0.1, 0.15) is 16.8 Å². The second-order valence-corrected chi connectivity index (χ2v) is 4.01. The van der Waals surface area contributed by atoms with Gasteiger partial charge in [-0.3, -0.25) is 4.79 Å². The summed E-state index contributed by atoms with van der Waals surface area (Å²) >= 11 is 0. The van der Waals surface area contributed by atoms with Gasteiger partial charge in [-0.2, -0.15) is 0 Å². The second-order valence-electron chi connectivity index (χ2n) is 4.01. The molecule has 0 heterocycles. The standard InChI is InChI=1S/C14H18FN3O2/c1-2-8-17-14(20)18-10-5-9-16-13(19)11-6-3-4-7-12(11)15/h2-4,6-7H,1,5,8-10H2,(H,16,19)(H2,17,18,20).